The van der Waals surface area contributed by atoms with E-state index in [1.165, 1.54) is 30.3 Å². The van der Waals surface area contributed by atoms with Crippen LogP contribution in [0.25, 0.3) is 33.4 Å². The van der Waals surface area contributed by atoms with Crippen molar-refractivity contribution in [3.8, 4) is 23.1 Å². The average Bonchev–Trinajstić information content (AvgIpc) is 4.00. The van der Waals surface area contributed by atoms with Crippen LogP contribution in [-0.4, -0.2) is 124 Å². The molecule has 4 aromatic heterocycles. The molecule has 0 bridgehead atoms. The third-order valence-electron chi connectivity index (χ3n) is 13.5. The minimum Gasteiger partial charge on any atom is -0.494 e. The second-order valence-electron chi connectivity index (χ2n) is 18.1. The molecule has 0 unspecified atom stereocenters. The summed E-state index contributed by atoms with van der Waals surface area (Å²) in [6.07, 6.45) is 10.0. The van der Waals surface area contributed by atoms with Crippen LogP contribution >= 0.6 is 0 Å². The zero-order valence-electron chi connectivity index (χ0n) is 42.2. The van der Waals surface area contributed by atoms with Crippen LogP contribution < -0.4 is 40.5 Å². The van der Waals surface area contributed by atoms with Crippen LogP contribution in [0.4, 0.5) is 54.8 Å². The molecule has 6 heterocycles. The molecule has 0 spiro atoms. The molecule has 10 rings (SSSR count). The molecule has 3 amide bonds. The lowest BCUT2D eigenvalue weighted by molar-refractivity contribution is -0.129. The number of piperazine rings is 1. The van der Waals surface area contributed by atoms with E-state index >= 15 is 0 Å². The van der Waals surface area contributed by atoms with Gasteiger partial charge in [-0.2, -0.15) is 9.97 Å². The fraction of sp³-hybridized carbons (Fsp3) is 0.218. The number of carbonyl (C=O) groups is 3. The number of amides is 3. The Hall–Kier alpha value is -9.53. The van der Waals surface area contributed by atoms with Crippen molar-refractivity contribution in [2.75, 3.05) is 98.1 Å². The van der Waals surface area contributed by atoms with Gasteiger partial charge >= 0.3 is 0 Å². The molecule has 4 N–H and O–H groups in total. The van der Waals surface area contributed by atoms with Gasteiger partial charge in [-0.1, -0.05) is 6.58 Å². The van der Waals surface area contributed by atoms with E-state index in [-0.39, 0.29) is 35.3 Å². The first-order valence-corrected chi connectivity index (χ1v) is 24.4. The monoisotopic (exact) mass is 1030 g/mol. The van der Waals surface area contributed by atoms with Crippen molar-refractivity contribution in [2.24, 2.45) is 0 Å². The van der Waals surface area contributed by atoms with Crippen LogP contribution in [0.1, 0.15) is 13.3 Å². The van der Waals surface area contributed by atoms with Gasteiger partial charge in [-0.05, 0) is 78.9 Å². The summed E-state index contributed by atoms with van der Waals surface area (Å²) < 4.78 is 43.9. The van der Waals surface area contributed by atoms with Crippen molar-refractivity contribution < 1.29 is 32.6 Å². The lowest BCUT2D eigenvalue weighted by atomic mass is 10.1. The molecule has 4 aromatic carbocycles. The number of nitrogens with one attached hydrogen (secondary N) is 4. The number of carbonyl (C=O) groups excluding carboxylic acids is 3. The van der Waals surface area contributed by atoms with E-state index in [0.717, 1.165) is 16.5 Å². The SMILES string of the molecule is C=CC(=O)Nc1cc(Nc2nccc(-n3ccc4ccc(F)cc43)n2)c(OC)cc1N1CC/C(=C\C(=O)Nc2cc(Nc3nccc(-n4ccc5ccc(F)cc54)n3)c(OC)cc2N2CCN(C(C)=O)CC2)N(C)CC1. The van der Waals surface area contributed by atoms with Gasteiger partial charge in [-0.15, -0.1) is 0 Å². The predicted octanol–water partition coefficient (Wildman–Crippen LogP) is 8.39. The molecule has 2 aliphatic heterocycles. The maximum Gasteiger partial charge on any atom is 0.250 e. The molecule has 2 aliphatic rings. The quantitative estimate of drug-likeness (QED) is 0.0759. The Morgan fingerprint density at radius 1 is 0.618 bits per heavy atom. The second-order valence-corrected chi connectivity index (χ2v) is 18.1. The van der Waals surface area contributed by atoms with Crippen molar-refractivity contribution in [3.05, 3.63) is 146 Å². The molecule has 8 aromatic rings. The van der Waals surface area contributed by atoms with E-state index in [4.69, 9.17) is 19.4 Å². The Morgan fingerprint density at radius 3 is 1.62 bits per heavy atom. The molecule has 19 nitrogen and oxygen atoms in total. The number of nitrogens with zero attached hydrogens (tertiary/aromatic N) is 10. The Labute approximate surface area is 436 Å². The predicted molar refractivity (Wildman–Crippen MR) is 290 cm³/mol. The molecule has 21 heteroatoms. The van der Waals surface area contributed by atoms with Crippen molar-refractivity contribution in [2.45, 2.75) is 13.3 Å². The summed E-state index contributed by atoms with van der Waals surface area (Å²) in [4.78, 5) is 66.0. The molecule has 2 saturated heterocycles. The van der Waals surface area contributed by atoms with Gasteiger partial charge in [0.1, 0.15) is 34.8 Å². The van der Waals surface area contributed by atoms with Gasteiger partial charge in [-0.25, -0.2) is 18.7 Å². The maximum atomic E-state index is 14.3. The zero-order valence-corrected chi connectivity index (χ0v) is 42.2. The van der Waals surface area contributed by atoms with Gasteiger partial charge in [-0.3, -0.25) is 14.4 Å². The smallest absolute Gasteiger partial charge is 0.250 e. The van der Waals surface area contributed by atoms with E-state index in [0.29, 0.717) is 121 Å². The Kier molecular flexibility index (Phi) is 14.2. The summed E-state index contributed by atoms with van der Waals surface area (Å²) in [5.41, 5.74) is 5.31. The number of rotatable bonds is 14. The first kappa shape index (κ1) is 50.0. The standard InChI is InChI=1S/C55H54F2N14O5/c1-6-52(73)60-40-30-42(62-54-58-16-11-50(64-54)70-19-13-35-7-9-37(56)27-44(35)70)48(75-4)32-46(40)68-18-15-39(66(3)21-22-68)29-53(74)61-41-31-43(49(76-5)33-47(41)69-25-23-67(24-26-69)34(2)72)63-55-59-17-12-51(65-55)71-20-14-36-8-10-38(57)28-45(36)71/h6-14,16-17,19-20,27-33H,1,15,18,21-26H2,2-5H3,(H,60,73)(H,61,74)(H,58,62,64)(H,59,63,65)/b39-29+. The second kappa shape index (κ2) is 21.5. The molecular weight excluding hydrogens is 975 g/mol. The normalized spacial score (nSPS) is 14.4. The highest BCUT2D eigenvalue weighted by molar-refractivity contribution is 6.04. The van der Waals surface area contributed by atoms with Crippen molar-refractivity contribution in [1.29, 1.82) is 0 Å². The van der Waals surface area contributed by atoms with Crippen LogP contribution in [0.2, 0.25) is 0 Å². The molecular formula is C55H54F2N14O5. The van der Waals surface area contributed by atoms with Crippen LogP contribution in [0.3, 0.4) is 0 Å². The number of benzene rings is 4. The highest BCUT2D eigenvalue weighted by Crippen LogP contribution is 2.41. The Balaban J connectivity index is 0.906. The summed E-state index contributed by atoms with van der Waals surface area (Å²) in [6, 6.07) is 23.5. The highest BCUT2D eigenvalue weighted by Gasteiger charge is 2.26. The number of ether oxygens (including phenoxy) is 2. The van der Waals surface area contributed by atoms with Crippen LogP contribution in [0, 0.1) is 11.6 Å². The van der Waals surface area contributed by atoms with E-state index in [2.05, 4.69) is 47.6 Å². The third kappa shape index (κ3) is 10.6. The topological polar surface area (TPSA) is 192 Å². The molecule has 0 saturated carbocycles. The number of halogens is 2. The van der Waals surface area contributed by atoms with E-state index in [1.807, 2.05) is 48.6 Å². The van der Waals surface area contributed by atoms with Crippen LogP contribution in [0.15, 0.2) is 134 Å². The van der Waals surface area contributed by atoms with Gasteiger partial charge in [0.05, 0.1) is 59.4 Å². The number of aromatic nitrogens is 6. The molecule has 76 heavy (non-hydrogen) atoms. The van der Waals surface area contributed by atoms with Gasteiger partial charge in [0, 0.05) is 126 Å². The fourth-order valence-electron chi connectivity index (χ4n) is 9.48. The van der Waals surface area contributed by atoms with E-state index in [9.17, 15) is 23.2 Å². The number of hydrogen-bond donors (Lipinski definition) is 4. The summed E-state index contributed by atoms with van der Waals surface area (Å²) in [5, 5.41) is 14.3. The van der Waals surface area contributed by atoms with Gasteiger partial charge in [0.15, 0.2) is 0 Å². The van der Waals surface area contributed by atoms with Gasteiger partial charge in [0.25, 0.3) is 0 Å². The van der Waals surface area contributed by atoms with E-state index < -0.39 is 5.91 Å². The minimum atomic E-state index is -0.423. The molecule has 0 aliphatic carbocycles. The molecule has 0 radical (unpaired) electrons. The van der Waals surface area contributed by atoms with Crippen LogP contribution in [0.5, 0.6) is 11.5 Å². The summed E-state index contributed by atoms with van der Waals surface area (Å²) in [6.45, 7) is 8.74. The van der Waals surface area contributed by atoms with Crippen molar-refractivity contribution in [3.63, 3.8) is 0 Å². The maximum absolute atomic E-state index is 14.3. The average molecular weight is 1030 g/mol. The largest absolute Gasteiger partial charge is 0.494 e. The lowest BCUT2D eigenvalue weighted by Crippen LogP contribution is -2.48. The van der Waals surface area contributed by atoms with Gasteiger partial charge < -0.3 is 59.5 Å². The number of methoxy groups -OCH3 is 2. The molecule has 2 fully saturated rings. The van der Waals surface area contributed by atoms with Crippen molar-refractivity contribution >= 4 is 85.5 Å². The van der Waals surface area contributed by atoms with Crippen LogP contribution in [-0.2, 0) is 14.4 Å². The zero-order chi connectivity index (χ0) is 53.0. The summed E-state index contributed by atoms with van der Waals surface area (Å²) in [7, 11) is 5.02. The Morgan fingerprint density at radius 2 is 1.12 bits per heavy atom. The van der Waals surface area contributed by atoms with Gasteiger partial charge in [0.2, 0.25) is 29.6 Å². The third-order valence-corrected chi connectivity index (χ3v) is 13.5. The first-order valence-electron chi connectivity index (χ1n) is 24.4. The summed E-state index contributed by atoms with van der Waals surface area (Å²) in [5.74, 6) is 0.836. The highest BCUT2D eigenvalue weighted by atomic mass is 19.1. The lowest BCUT2D eigenvalue weighted by Gasteiger charge is -2.36. The summed E-state index contributed by atoms with van der Waals surface area (Å²) >= 11 is 0. The van der Waals surface area contributed by atoms with E-state index in [1.54, 1.807) is 90.0 Å². The number of fused-ring (bicyclic) bond motifs is 2. The number of hydrogen-bond acceptors (Lipinski definition) is 14. The molecule has 388 valence electrons. The molecule has 0 atom stereocenters. The fourth-order valence-corrected chi connectivity index (χ4v) is 9.48. The number of anilines is 8. The van der Waals surface area contributed by atoms with Crippen molar-refractivity contribution in [1.82, 2.24) is 38.9 Å². The Bertz CT molecular complexity index is 3570. The number of likely N-dealkylation sites (N-methyl/N-ethyl adjacent to an activating group) is 1. The first-order chi connectivity index (χ1) is 36.8. The minimum absolute atomic E-state index is 0.00905.